The summed E-state index contributed by atoms with van der Waals surface area (Å²) in [7, 11) is 0. The monoisotopic (exact) mass is 322 g/mol. The van der Waals surface area contributed by atoms with Gasteiger partial charge in [-0.1, -0.05) is 75.4 Å². The maximum absolute atomic E-state index is 6.41. The molecule has 0 aliphatic heterocycles. The minimum atomic E-state index is -0.175. The summed E-state index contributed by atoms with van der Waals surface area (Å²) >= 11 is 1.62. The van der Waals surface area contributed by atoms with Crippen LogP contribution in [0.25, 0.3) is 11.3 Å². The molecule has 1 aromatic heterocycles. The molecule has 23 heavy (non-hydrogen) atoms. The number of aromatic nitrogens is 1. The Hall–Kier alpha value is -1.97. The molecule has 1 atom stereocenters. The van der Waals surface area contributed by atoms with Crippen LogP contribution in [0.5, 0.6) is 0 Å². The van der Waals surface area contributed by atoms with E-state index in [1.165, 1.54) is 5.56 Å². The first-order chi connectivity index (χ1) is 10.9. The van der Waals surface area contributed by atoms with Gasteiger partial charge in [-0.2, -0.15) is 0 Å². The minimum Gasteiger partial charge on any atom is -0.318 e. The fourth-order valence-corrected chi connectivity index (χ4v) is 3.36. The fraction of sp³-hybridized carbons (Fsp3) is 0.250. The van der Waals surface area contributed by atoms with Gasteiger partial charge >= 0.3 is 0 Å². The molecular formula is C20H22N2S. The normalized spacial score (nSPS) is 13.0. The summed E-state index contributed by atoms with van der Waals surface area (Å²) < 4.78 is 0. The smallest absolute Gasteiger partial charge is 0.115 e. The van der Waals surface area contributed by atoms with E-state index in [1.807, 2.05) is 18.2 Å². The summed E-state index contributed by atoms with van der Waals surface area (Å²) in [6.07, 6.45) is 0. The molecule has 0 amide bonds. The van der Waals surface area contributed by atoms with E-state index in [4.69, 9.17) is 10.7 Å². The zero-order chi connectivity index (χ0) is 16.4. The zero-order valence-electron chi connectivity index (χ0n) is 13.8. The van der Waals surface area contributed by atoms with E-state index in [2.05, 4.69) is 62.5 Å². The average Bonchev–Trinajstić information content (AvgIpc) is 3.04. The van der Waals surface area contributed by atoms with Gasteiger partial charge in [-0.25, -0.2) is 4.98 Å². The maximum Gasteiger partial charge on any atom is 0.115 e. The van der Waals surface area contributed by atoms with Crippen LogP contribution in [-0.2, 0) is 5.41 Å². The summed E-state index contributed by atoms with van der Waals surface area (Å²) in [5.74, 6) is 0. The summed E-state index contributed by atoms with van der Waals surface area (Å²) in [5, 5.41) is 3.03. The largest absolute Gasteiger partial charge is 0.318 e. The zero-order valence-corrected chi connectivity index (χ0v) is 14.6. The number of hydrogen-bond donors (Lipinski definition) is 1. The Bertz CT molecular complexity index is 767. The van der Waals surface area contributed by atoms with Crippen LogP contribution >= 0.6 is 11.3 Å². The molecule has 0 bridgehead atoms. The Morgan fingerprint density at radius 3 is 2.22 bits per heavy atom. The van der Waals surface area contributed by atoms with E-state index in [1.54, 1.807) is 11.3 Å². The van der Waals surface area contributed by atoms with Crippen molar-refractivity contribution in [2.75, 3.05) is 0 Å². The van der Waals surface area contributed by atoms with Gasteiger partial charge < -0.3 is 5.73 Å². The van der Waals surface area contributed by atoms with Crippen molar-refractivity contribution in [3.63, 3.8) is 0 Å². The van der Waals surface area contributed by atoms with E-state index in [0.717, 1.165) is 21.8 Å². The topological polar surface area (TPSA) is 38.9 Å². The number of thiazole rings is 1. The van der Waals surface area contributed by atoms with Gasteiger partial charge in [0.1, 0.15) is 5.01 Å². The van der Waals surface area contributed by atoms with Gasteiger partial charge in [0, 0.05) is 10.9 Å². The van der Waals surface area contributed by atoms with E-state index < -0.39 is 0 Å². The second kappa shape index (κ2) is 6.26. The molecule has 0 radical (unpaired) electrons. The number of hydrogen-bond acceptors (Lipinski definition) is 3. The van der Waals surface area contributed by atoms with Crippen LogP contribution in [0.2, 0.25) is 0 Å². The lowest BCUT2D eigenvalue weighted by molar-refractivity contribution is 0.589. The molecule has 3 aromatic rings. The van der Waals surface area contributed by atoms with E-state index in [0.29, 0.717) is 0 Å². The molecule has 0 spiro atoms. The molecule has 2 N–H and O–H groups in total. The Morgan fingerprint density at radius 1 is 0.957 bits per heavy atom. The first-order valence-electron chi connectivity index (χ1n) is 7.82. The molecule has 3 rings (SSSR count). The van der Waals surface area contributed by atoms with Crippen LogP contribution in [0.4, 0.5) is 0 Å². The second-order valence-electron chi connectivity index (χ2n) is 6.79. The molecule has 0 fully saturated rings. The van der Waals surface area contributed by atoms with Crippen molar-refractivity contribution in [2.45, 2.75) is 32.2 Å². The van der Waals surface area contributed by atoms with E-state index >= 15 is 0 Å². The summed E-state index contributed by atoms with van der Waals surface area (Å²) in [6.45, 7) is 6.65. The van der Waals surface area contributed by atoms with Gasteiger partial charge in [-0.15, -0.1) is 11.3 Å². The third-order valence-corrected chi connectivity index (χ3v) is 4.92. The predicted octanol–water partition coefficient (Wildman–Crippen LogP) is 5.16. The van der Waals surface area contributed by atoms with E-state index in [-0.39, 0.29) is 11.5 Å². The summed E-state index contributed by atoms with van der Waals surface area (Å²) in [5.41, 5.74) is 11.1. The molecule has 1 unspecified atom stereocenters. The standard InChI is InChI=1S/C20H22N2S/c1-20(2,3)16-11-9-15(10-12-16)18(21)19-22-17(13-23-19)14-7-5-4-6-8-14/h4-13,18H,21H2,1-3H3. The number of nitrogens with zero attached hydrogens (tertiary/aromatic N) is 1. The predicted molar refractivity (Wildman–Crippen MR) is 98.7 cm³/mol. The van der Waals surface area contributed by atoms with Crippen molar-refractivity contribution in [3.05, 3.63) is 76.1 Å². The highest BCUT2D eigenvalue weighted by molar-refractivity contribution is 7.10. The van der Waals surface area contributed by atoms with Crippen molar-refractivity contribution in [1.29, 1.82) is 0 Å². The molecule has 118 valence electrons. The Kier molecular flexibility index (Phi) is 4.33. The molecule has 2 nitrogen and oxygen atoms in total. The van der Waals surface area contributed by atoms with Gasteiger partial charge in [0.2, 0.25) is 0 Å². The number of rotatable bonds is 3. The van der Waals surface area contributed by atoms with Gasteiger partial charge in [0.05, 0.1) is 11.7 Å². The van der Waals surface area contributed by atoms with Crippen molar-refractivity contribution >= 4 is 11.3 Å². The highest BCUT2D eigenvalue weighted by atomic mass is 32.1. The van der Waals surface area contributed by atoms with E-state index in [9.17, 15) is 0 Å². The van der Waals surface area contributed by atoms with Crippen molar-refractivity contribution < 1.29 is 0 Å². The molecule has 3 heteroatoms. The molecule has 0 saturated heterocycles. The SMILES string of the molecule is CC(C)(C)c1ccc(C(N)c2nc(-c3ccccc3)cs2)cc1. The quantitative estimate of drug-likeness (QED) is 0.723. The van der Waals surface area contributed by atoms with Crippen LogP contribution in [-0.4, -0.2) is 4.98 Å². The fourth-order valence-electron chi connectivity index (χ4n) is 2.50. The van der Waals surface area contributed by atoms with Crippen LogP contribution in [0.3, 0.4) is 0 Å². The molecule has 0 saturated carbocycles. The first kappa shape index (κ1) is 15.9. The Balaban J connectivity index is 1.84. The molecule has 1 heterocycles. The Morgan fingerprint density at radius 2 is 1.61 bits per heavy atom. The van der Waals surface area contributed by atoms with Crippen LogP contribution in [0.15, 0.2) is 60.0 Å². The minimum absolute atomic E-state index is 0.157. The van der Waals surface area contributed by atoms with Gasteiger partial charge in [-0.05, 0) is 16.5 Å². The third kappa shape index (κ3) is 3.52. The number of benzene rings is 2. The average molecular weight is 322 g/mol. The van der Waals surface area contributed by atoms with Gasteiger partial charge in [-0.3, -0.25) is 0 Å². The lowest BCUT2D eigenvalue weighted by Gasteiger charge is -2.20. The van der Waals surface area contributed by atoms with Crippen LogP contribution in [0, 0.1) is 0 Å². The summed E-state index contributed by atoms with van der Waals surface area (Å²) in [6, 6.07) is 18.6. The van der Waals surface area contributed by atoms with Crippen molar-refractivity contribution in [1.82, 2.24) is 4.98 Å². The number of nitrogens with two attached hydrogens (primary N) is 1. The van der Waals surface area contributed by atoms with Crippen LogP contribution in [0.1, 0.15) is 42.9 Å². The second-order valence-corrected chi connectivity index (χ2v) is 7.68. The molecule has 0 aliphatic carbocycles. The molecule has 0 aliphatic rings. The lowest BCUT2D eigenvalue weighted by atomic mass is 9.86. The highest BCUT2D eigenvalue weighted by Crippen LogP contribution is 2.29. The van der Waals surface area contributed by atoms with Gasteiger partial charge in [0.15, 0.2) is 0 Å². The van der Waals surface area contributed by atoms with Gasteiger partial charge in [0.25, 0.3) is 0 Å². The maximum atomic E-state index is 6.41. The van der Waals surface area contributed by atoms with Crippen LogP contribution < -0.4 is 5.73 Å². The third-order valence-electron chi connectivity index (χ3n) is 3.99. The van der Waals surface area contributed by atoms with Crippen molar-refractivity contribution in [3.8, 4) is 11.3 Å². The molecule has 2 aromatic carbocycles. The lowest BCUT2D eigenvalue weighted by Crippen LogP contribution is -2.14. The van der Waals surface area contributed by atoms with Crippen molar-refractivity contribution in [2.24, 2.45) is 5.73 Å². The first-order valence-corrected chi connectivity index (χ1v) is 8.70. The molecular weight excluding hydrogens is 300 g/mol. The highest BCUT2D eigenvalue weighted by Gasteiger charge is 2.17. The Labute approximate surface area is 142 Å². The summed E-state index contributed by atoms with van der Waals surface area (Å²) in [4.78, 5) is 4.72.